The van der Waals surface area contributed by atoms with Gasteiger partial charge in [0.2, 0.25) is 0 Å². The fourth-order valence-electron chi connectivity index (χ4n) is 2.82. The number of hydrogen-bond acceptors (Lipinski definition) is 3. The van der Waals surface area contributed by atoms with Gasteiger partial charge in [-0.05, 0) is 44.9 Å². The Labute approximate surface area is 127 Å². The monoisotopic (exact) mass is 290 g/mol. The molecule has 0 spiro atoms. The number of nitrogens with one attached hydrogen (secondary N) is 1. The minimum Gasteiger partial charge on any atom is -0.493 e. The largest absolute Gasteiger partial charge is 0.493 e. The van der Waals surface area contributed by atoms with Gasteiger partial charge in [-0.25, -0.2) is 0 Å². The Morgan fingerprint density at radius 3 is 2.86 bits per heavy atom. The quantitative estimate of drug-likeness (QED) is 0.839. The molecule has 116 valence electrons. The molecule has 1 saturated heterocycles. The van der Waals surface area contributed by atoms with Crippen LogP contribution in [0, 0.1) is 0 Å². The summed E-state index contributed by atoms with van der Waals surface area (Å²) in [5.74, 6) is 0.764. The summed E-state index contributed by atoms with van der Waals surface area (Å²) in [6.45, 7) is 7.26. The van der Waals surface area contributed by atoms with Gasteiger partial charge in [0.1, 0.15) is 5.75 Å². The maximum atomic E-state index is 12.8. The molecule has 1 unspecified atom stereocenters. The van der Waals surface area contributed by atoms with Gasteiger partial charge in [-0.2, -0.15) is 0 Å². The fraction of sp³-hybridized carbons (Fsp3) is 0.588. The molecular formula is C17H26N2O2. The summed E-state index contributed by atoms with van der Waals surface area (Å²) in [4.78, 5) is 14.8. The van der Waals surface area contributed by atoms with Crippen LogP contribution in [-0.4, -0.2) is 43.1 Å². The zero-order valence-electron chi connectivity index (χ0n) is 13.1. The molecule has 4 nitrogen and oxygen atoms in total. The van der Waals surface area contributed by atoms with Gasteiger partial charge in [-0.15, -0.1) is 0 Å². The van der Waals surface area contributed by atoms with Crippen LogP contribution in [0.25, 0.3) is 0 Å². The highest BCUT2D eigenvalue weighted by Crippen LogP contribution is 2.21. The third kappa shape index (κ3) is 4.21. The Kier molecular flexibility index (Phi) is 6.05. The summed E-state index contributed by atoms with van der Waals surface area (Å²) in [6, 6.07) is 7.96. The Morgan fingerprint density at radius 1 is 1.38 bits per heavy atom. The number of nitrogens with zero attached hydrogens (tertiary/aromatic N) is 1. The third-order valence-electron chi connectivity index (χ3n) is 3.80. The third-order valence-corrected chi connectivity index (χ3v) is 3.80. The van der Waals surface area contributed by atoms with Crippen LogP contribution in [0.3, 0.4) is 0 Å². The van der Waals surface area contributed by atoms with Crippen molar-refractivity contribution in [3.63, 3.8) is 0 Å². The lowest BCUT2D eigenvalue weighted by molar-refractivity contribution is 0.0737. The van der Waals surface area contributed by atoms with Gasteiger partial charge in [-0.1, -0.05) is 19.1 Å². The van der Waals surface area contributed by atoms with Crippen molar-refractivity contribution in [1.29, 1.82) is 0 Å². The van der Waals surface area contributed by atoms with E-state index in [-0.39, 0.29) is 5.91 Å². The number of para-hydroxylation sites is 1. The molecule has 1 amide bonds. The Hall–Kier alpha value is -1.55. The average Bonchev–Trinajstić information content (AvgIpc) is 3.00. The molecule has 1 aromatic carbocycles. The van der Waals surface area contributed by atoms with Gasteiger partial charge in [0.05, 0.1) is 12.2 Å². The van der Waals surface area contributed by atoms with E-state index in [1.54, 1.807) is 0 Å². The lowest BCUT2D eigenvalue weighted by Crippen LogP contribution is -2.41. The van der Waals surface area contributed by atoms with Gasteiger partial charge in [-0.3, -0.25) is 4.79 Å². The highest BCUT2D eigenvalue weighted by atomic mass is 16.5. The summed E-state index contributed by atoms with van der Waals surface area (Å²) in [5, 5.41) is 3.47. The van der Waals surface area contributed by atoms with Crippen LogP contribution < -0.4 is 10.1 Å². The van der Waals surface area contributed by atoms with E-state index < -0.39 is 0 Å². The second kappa shape index (κ2) is 8.03. The molecule has 1 fully saturated rings. The predicted octanol–water partition coefficient (Wildman–Crippen LogP) is 2.69. The maximum Gasteiger partial charge on any atom is 0.257 e. The number of carbonyl (C=O) groups excluding carboxylic acids is 1. The summed E-state index contributed by atoms with van der Waals surface area (Å²) in [5.41, 5.74) is 0.672. The van der Waals surface area contributed by atoms with E-state index in [4.69, 9.17) is 4.74 Å². The minimum atomic E-state index is 0.0783. The van der Waals surface area contributed by atoms with Crippen LogP contribution in [0.2, 0.25) is 0 Å². The SMILES string of the molecule is CCCN(CC1CCCN1)C(=O)c1ccccc1OCC. The smallest absolute Gasteiger partial charge is 0.257 e. The number of amides is 1. The van der Waals surface area contributed by atoms with Crippen molar-refractivity contribution < 1.29 is 9.53 Å². The molecule has 0 aromatic heterocycles. The van der Waals surface area contributed by atoms with Crippen LogP contribution in [0.15, 0.2) is 24.3 Å². The second-order valence-electron chi connectivity index (χ2n) is 5.47. The summed E-state index contributed by atoms with van der Waals surface area (Å²) < 4.78 is 5.59. The maximum absolute atomic E-state index is 12.8. The van der Waals surface area contributed by atoms with Crippen molar-refractivity contribution in [3.05, 3.63) is 29.8 Å². The molecule has 0 radical (unpaired) electrons. The number of hydrogen-bond donors (Lipinski definition) is 1. The first-order chi connectivity index (χ1) is 10.3. The lowest BCUT2D eigenvalue weighted by Gasteiger charge is -2.26. The van der Waals surface area contributed by atoms with E-state index >= 15 is 0 Å². The topological polar surface area (TPSA) is 41.6 Å². The molecule has 0 saturated carbocycles. The summed E-state index contributed by atoms with van der Waals surface area (Å²) >= 11 is 0. The van der Waals surface area contributed by atoms with Gasteiger partial charge < -0.3 is 15.0 Å². The first kappa shape index (κ1) is 15.8. The number of rotatable bonds is 7. The zero-order chi connectivity index (χ0) is 15.1. The summed E-state index contributed by atoms with van der Waals surface area (Å²) in [7, 11) is 0. The predicted molar refractivity (Wildman–Crippen MR) is 84.8 cm³/mol. The molecule has 21 heavy (non-hydrogen) atoms. The number of benzene rings is 1. The molecule has 1 aliphatic heterocycles. The number of ether oxygens (including phenoxy) is 1. The minimum absolute atomic E-state index is 0.0783. The van der Waals surface area contributed by atoms with Gasteiger partial charge in [0.25, 0.3) is 5.91 Å². The van der Waals surface area contributed by atoms with Crippen molar-refractivity contribution in [1.82, 2.24) is 10.2 Å². The average molecular weight is 290 g/mol. The van der Waals surface area contributed by atoms with Crippen molar-refractivity contribution in [2.24, 2.45) is 0 Å². The molecule has 1 N–H and O–H groups in total. The zero-order valence-corrected chi connectivity index (χ0v) is 13.1. The molecule has 1 heterocycles. The molecule has 4 heteroatoms. The van der Waals surface area contributed by atoms with Crippen LogP contribution in [0.1, 0.15) is 43.5 Å². The molecule has 0 aliphatic carbocycles. The van der Waals surface area contributed by atoms with E-state index in [1.807, 2.05) is 36.1 Å². The van der Waals surface area contributed by atoms with Crippen molar-refractivity contribution >= 4 is 5.91 Å². The van der Waals surface area contributed by atoms with Crippen molar-refractivity contribution in [3.8, 4) is 5.75 Å². The van der Waals surface area contributed by atoms with E-state index in [0.717, 1.165) is 32.5 Å². The van der Waals surface area contributed by atoms with Crippen molar-refractivity contribution in [2.45, 2.75) is 39.2 Å². The standard InChI is InChI=1S/C17H26N2O2/c1-3-12-19(13-14-8-7-11-18-14)17(20)15-9-5-6-10-16(15)21-4-2/h5-6,9-10,14,18H,3-4,7-8,11-13H2,1-2H3. The van der Waals surface area contributed by atoms with Crippen LogP contribution in [0.5, 0.6) is 5.75 Å². The van der Waals surface area contributed by atoms with Gasteiger partial charge in [0.15, 0.2) is 0 Å². The van der Waals surface area contributed by atoms with E-state index in [0.29, 0.717) is 24.0 Å². The lowest BCUT2D eigenvalue weighted by atomic mass is 10.1. The van der Waals surface area contributed by atoms with Crippen LogP contribution >= 0.6 is 0 Å². The fourth-order valence-corrected chi connectivity index (χ4v) is 2.82. The Balaban J connectivity index is 2.13. The van der Waals surface area contributed by atoms with E-state index in [9.17, 15) is 4.79 Å². The first-order valence-corrected chi connectivity index (χ1v) is 8.00. The van der Waals surface area contributed by atoms with E-state index in [1.165, 1.54) is 6.42 Å². The van der Waals surface area contributed by atoms with Gasteiger partial charge >= 0.3 is 0 Å². The highest BCUT2D eigenvalue weighted by molar-refractivity contribution is 5.97. The van der Waals surface area contributed by atoms with E-state index in [2.05, 4.69) is 12.2 Å². The Bertz CT molecular complexity index is 456. The normalized spacial score (nSPS) is 17.7. The second-order valence-corrected chi connectivity index (χ2v) is 5.47. The molecule has 1 aromatic rings. The first-order valence-electron chi connectivity index (χ1n) is 8.00. The highest BCUT2D eigenvalue weighted by Gasteiger charge is 2.23. The molecule has 1 atom stereocenters. The Morgan fingerprint density at radius 2 is 2.19 bits per heavy atom. The molecule has 2 rings (SSSR count). The molecular weight excluding hydrogens is 264 g/mol. The van der Waals surface area contributed by atoms with Crippen LogP contribution in [0.4, 0.5) is 0 Å². The van der Waals surface area contributed by atoms with Crippen LogP contribution in [-0.2, 0) is 0 Å². The summed E-state index contributed by atoms with van der Waals surface area (Å²) in [6.07, 6.45) is 3.32. The number of carbonyl (C=O) groups is 1. The van der Waals surface area contributed by atoms with Crippen molar-refractivity contribution in [2.75, 3.05) is 26.2 Å². The molecule has 1 aliphatic rings. The van der Waals surface area contributed by atoms with Gasteiger partial charge in [0, 0.05) is 19.1 Å². The molecule has 0 bridgehead atoms.